The fourth-order valence-corrected chi connectivity index (χ4v) is 5.41. The van der Waals surface area contributed by atoms with E-state index < -0.39 is 6.80 Å². The number of likely N-dealkylation sites (N-methyl/N-ethyl adjacent to an activating group) is 2. The summed E-state index contributed by atoms with van der Waals surface area (Å²) in [6.45, 7) is 0.960. The number of rotatable bonds is 7. The first-order valence-electron chi connectivity index (χ1n) is 10.4. The molecular formula is C24H31FN2O. The van der Waals surface area contributed by atoms with Crippen LogP contribution in [-0.4, -0.2) is 37.9 Å². The molecule has 2 aromatic rings. The van der Waals surface area contributed by atoms with Crippen LogP contribution in [0.4, 0.5) is 4.39 Å². The minimum atomic E-state index is -0.396. The van der Waals surface area contributed by atoms with E-state index in [1.165, 1.54) is 29.5 Å². The van der Waals surface area contributed by atoms with E-state index in [0.29, 0.717) is 18.4 Å². The van der Waals surface area contributed by atoms with Gasteiger partial charge in [0.2, 0.25) is 0 Å². The van der Waals surface area contributed by atoms with E-state index in [4.69, 9.17) is 4.74 Å². The molecule has 0 aromatic heterocycles. The summed E-state index contributed by atoms with van der Waals surface area (Å²) in [7, 11) is 3.94. The van der Waals surface area contributed by atoms with Crippen LogP contribution >= 0.6 is 0 Å². The second kappa shape index (κ2) is 8.22. The zero-order valence-electron chi connectivity index (χ0n) is 17.0. The smallest absolute Gasteiger partial charge is 0.142 e. The first-order chi connectivity index (χ1) is 13.6. The third kappa shape index (κ3) is 3.68. The summed E-state index contributed by atoms with van der Waals surface area (Å²) in [6.07, 6.45) is 4.53. The van der Waals surface area contributed by atoms with Crippen LogP contribution in [0.2, 0.25) is 0 Å². The van der Waals surface area contributed by atoms with Crippen molar-refractivity contribution in [1.82, 2.24) is 10.2 Å². The van der Waals surface area contributed by atoms with Crippen LogP contribution in [0.25, 0.3) is 0 Å². The van der Waals surface area contributed by atoms with E-state index in [-0.39, 0.29) is 5.54 Å². The molecule has 2 aliphatic rings. The summed E-state index contributed by atoms with van der Waals surface area (Å²) in [5, 5.41) is 3.64. The Balaban J connectivity index is 1.54. The summed E-state index contributed by atoms with van der Waals surface area (Å²) >= 11 is 0. The van der Waals surface area contributed by atoms with Gasteiger partial charge in [-0.2, -0.15) is 0 Å². The van der Waals surface area contributed by atoms with Gasteiger partial charge >= 0.3 is 0 Å². The van der Waals surface area contributed by atoms with Crippen molar-refractivity contribution in [3.63, 3.8) is 0 Å². The van der Waals surface area contributed by atoms with Crippen molar-refractivity contribution < 1.29 is 9.13 Å². The Morgan fingerprint density at radius 2 is 1.79 bits per heavy atom. The SMILES string of the molecule is CN[C@@]1(CN(C)CF)[C@@H]2CC[C@H]1Cc1ccc(OCc3ccccc3)cc1C2. The fourth-order valence-electron chi connectivity index (χ4n) is 5.41. The van der Waals surface area contributed by atoms with Crippen molar-refractivity contribution in [3.05, 3.63) is 65.2 Å². The van der Waals surface area contributed by atoms with E-state index in [1.807, 2.05) is 30.1 Å². The zero-order chi connectivity index (χ0) is 19.6. The molecule has 0 radical (unpaired) electrons. The molecule has 150 valence electrons. The molecule has 3 atom stereocenters. The number of halogens is 1. The summed E-state index contributed by atoms with van der Waals surface area (Å²) < 4.78 is 19.3. The second-order valence-corrected chi connectivity index (χ2v) is 8.51. The third-order valence-corrected chi connectivity index (χ3v) is 6.88. The van der Waals surface area contributed by atoms with Crippen LogP contribution < -0.4 is 10.1 Å². The van der Waals surface area contributed by atoms with Gasteiger partial charge in [-0.25, -0.2) is 4.39 Å². The van der Waals surface area contributed by atoms with Gasteiger partial charge in [-0.05, 0) is 80.4 Å². The Morgan fingerprint density at radius 3 is 2.46 bits per heavy atom. The van der Waals surface area contributed by atoms with Crippen molar-refractivity contribution in [2.24, 2.45) is 11.8 Å². The van der Waals surface area contributed by atoms with E-state index in [0.717, 1.165) is 25.1 Å². The van der Waals surface area contributed by atoms with Gasteiger partial charge in [-0.3, -0.25) is 4.90 Å². The molecule has 2 aromatic carbocycles. The van der Waals surface area contributed by atoms with Gasteiger partial charge in [0.15, 0.2) is 0 Å². The van der Waals surface area contributed by atoms with Gasteiger partial charge in [-0.15, -0.1) is 0 Å². The van der Waals surface area contributed by atoms with E-state index in [1.54, 1.807) is 0 Å². The summed E-state index contributed by atoms with van der Waals surface area (Å²) in [5.41, 5.74) is 4.01. The molecule has 28 heavy (non-hydrogen) atoms. The van der Waals surface area contributed by atoms with Gasteiger partial charge in [0.25, 0.3) is 0 Å². The van der Waals surface area contributed by atoms with Crippen LogP contribution in [0, 0.1) is 11.8 Å². The molecule has 1 fully saturated rings. The summed E-state index contributed by atoms with van der Waals surface area (Å²) in [5.74, 6) is 2.02. The predicted molar refractivity (Wildman–Crippen MR) is 111 cm³/mol. The molecule has 2 bridgehead atoms. The molecule has 0 unspecified atom stereocenters. The van der Waals surface area contributed by atoms with Crippen molar-refractivity contribution >= 4 is 0 Å². The lowest BCUT2D eigenvalue weighted by Crippen LogP contribution is -2.58. The van der Waals surface area contributed by atoms with Crippen LogP contribution in [0.5, 0.6) is 5.75 Å². The second-order valence-electron chi connectivity index (χ2n) is 8.51. The van der Waals surface area contributed by atoms with Gasteiger partial charge in [0, 0.05) is 12.1 Å². The van der Waals surface area contributed by atoms with Crippen molar-refractivity contribution in [2.45, 2.75) is 37.8 Å². The van der Waals surface area contributed by atoms with Gasteiger partial charge in [0.1, 0.15) is 19.2 Å². The highest BCUT2D eigenvalue weighted by atomic mass is 19.1. The van der Waals surface area contributed by atoms with Crippen LogP contribution in [-0.2, 0) is 19.4 Å². The molecule has 1 N–H and O–H groups in total. The van der Waals surface area contributed by atoms with E-state index >= 15 is 0 Å². The van der Waals surface area contributed by atoms with E-state index in [9.17, 15) is 4.39 Å². The topological polar surface area (TPSA) is 24.5 Å². The maximum atomic E-state index is 13.2. The van der Waals surface area contributed by atoms with Gasteiger partial charge in [0.05, 0.1) is 0 Å². The lowest BCUT2D eigenvalue weighted by molar-refractivity contribution is 0.106. The monoisotopic (exact) mass is 382 g/mol. The maximum absolute atomic E-state index is 13.2. The Hall–Kier alpha value is -1.91. The van der Waals surface area contributed by atoms with Crippen LogP contribution in [0.15, 0.2) is 48.5 Å². The van der Waals surface area contributed by atoms with Crippen molar-refractivity contribution in [1.29, 1.82) is 0 Å². The number of fused-ring (bicyclic) bond motifs is 3. The average Bonchev–Trinajstić information content (AvgIpc) is 2.97. The van der Waals surface area contributed by atoms with Gasteiger partial charge < -0.3 is 10.1 Å². The van der Waals surface area contributed by atoms with Crippen LogP contribution in [0.1, 0.15) is 29.5 Å². The van der Waals surface area contributed by atoms with Crippen LogP contribution in [0.3, 0.4) is 0 Å². The quantitative estimate of drug-likeness (QED) is 0.726. The molecule has 0 spiro atoms. The first kappa shape index (κ1) is 19.4. The molecule has 0 aliphatic heterocycles. The number of nitrogens with zero attached hydrogens (tertiary/aromatic N) is 1. The molecule has 0 heterocycles. The summed E-state index contributed by atoms with van der Waals surface area (Å²) in [4.78, 5) is 1.81. The Morgan fingerprint density at radius 1 is 1.07 bits per heavy atom. The molecule has 0 saturated heterocycles. The molecule has 1 saturated carbocycles. The molecular weight excluding hydrogens is 351 g/mol. The highest BCUT2D eigenvalue weighted by Gasteiger charge is 2.50. The Kier molecular flexibility index (Phi) is 5.70. The molecule has 4 rings (SSSR count). The van der Waals surface area contributed by atoms with Gasteiger partial charge in [-0.1, -0.05) is 36.4 Å². The number of ether oxygens (including phenoxy) is 1. The van der Waals surface area contributed by atoms with E-state index in [2.05, 4.69) is 42.7 Å². The number of benzene rings is 2. The lowest BCUT2D eigenvalue weighted by Gasteiger charge is -2.41. The minimum absolute atomic E-state index is 0.00901. The normalized spacial score (nSPS) is 26.1. The average molecular weight is 383 g/mol. The molecule has 4 heteroatoms. The third-order valence-electron chi connectivity index (χ3n) is 6.88. The standard InChI is InChI=1S/C24H31FN2O/c1-26-24(16-27(2)17-25)21-9-10-22(24)13-20-14-23(11-8-19(20)12-21)28-15-18-6-4-3-5-7-18/h3-8,11,14,21-22,26H,9-10,12-13,15-17H2,1-2H3/t21-,22+,24+/m0/s1. The fraction of sp³-hybridized carbons (Fsp3) is 0.500. The summed E-state index contributed by atoms with van der Waals surface area (Å²) in [6, 6.07) is 16.9. The zero-order valence-corrected chi connectivity index (χ0v) is 17.0. The highest BCUT2D eigenvalue weighted by molar-refractivity contribution is 5.39. The lowest BCUT2D eigenvalue weighted by atomic mass is 9.78. The molecule has 3 nitrogen and oxygen atoms in total. The maximum Gasteiger partial charge on any atom is 0.142 e. The molecule has 0 amide bonds. The largest absolute Gasteiger partial charge is 0.489 e. The molecule has 2 aliphatic carbocycles. The van der Waals surface area contributed by atoms with Crippen molar-refractivity contribution in [3.8, 4) is 5.75 Å². The Bertz CT molecular complexity index is 796. The predicted octanol–water partition coefficient (Wildman–Crippen LogP) is 4.21. The Labute approximate surface area is 167 Å². The van der Waals surface area contributed by atoms with Crippen molar-refractivity contribution in [2.75, 3.05) is 27.4 Å². The highest BCUT2D eigenvalue weighted by Crippen LogP contribution is 2.47. The number of nitrogens with one attached hydrogen (secondary N) is 1. The number of hydrogen-bond donors (Lipinski definition) is 1. The number of alkyl halides is 1. The first-order valence-corrected chi connectivity index (χ1v) is 10.4. The minimum Gasteiger partial charge on any atom is -0.489 e. The number of hydrogen-bond acceptors (Lipinski definition) is 3.